The maximum absolute atomic E-state index is 5.98. The predicted octanol–water partition coefficient (Wildman–Crippen LogP) is 1.18. The molecule has 1 heterocycles. The van der Waals surface area contributed by atoms with E-state index in [9.17, 15) is 0 Å². The summed E-state index contributed by atoms with van der Waals surface area (Å²) in [6.07, 6.45) is 0.987. The molecule has 0 radical (unpaired) electrons. The quantitative estimate of drug-likeness (QED) is 0.789. The summed E-state index contributed by atoms with van der Waals surface area (Å²) in [5, 5.41) is 3.76. The molecule has 5 heteroatoms. The zero-order valence-electron chi connectivity index (χ0n) is 10.6. The Balaban J connectivity index is 2.28. The number of rotatable bonds is 6. The maximum atomic E-state index is 5.98. The van der Waals surface area contributed by atoms with Crippen LogP contribution in [0.1, 0.15) is 32.0 Å². The summed E-state index contributed by atoms with van der Waals surface area (Å²) in [6.45, 7) is 7.74. The number of nitrogens with zero attached hydrogens (tertiary/aromatic N) is 3. The third-order valence-corrected chi connectivity index (χ3v) is 2.68. The second-order valence-electron chi connectivity index (χ2n) is 4.67. The zero-order chi connectivity index (χ0) is 12.1. The molecule has 1 unspecified atom stereocenters. The molecule has 0 aliphatic heterocycles. The third kappa shape index (κ3) is 4.28. The monoisotopic (exact) mass is 226 g/mol. The lowest BCUT2D eigenvalue weighted by Crippen LogP contribution is -2.31. The van der Waals surface area contributed by atoms with Crippen LogP contribution >= 0.6 is 0 Å². The topological polar surface area (TPSA) is 68.2 Å². The molecule has 2 N–H and O–H groups in total. The lowest BCUT2D eigenvalue weighted by atomic mass is 10.0. The van der Waals surface area contributed by atoms with E-state index < -0.39 is 0 Å². The van der Waals surface area contributed by atoms with Crippen LogP contribution in [0.2, 0.25) is 0 Å². The highest BCUT2D eigenvalue weighted by molar-refractivity contribution is 4.82. The average Bonchev–Trinajstić information content (AvgIpc) is 2.60. The van der Waals surface area contributed by atoms with Crippen LogP contribution in [0, 0.1) is 12.8 Å². The van der Waals surface area contributed by atoms with Crippen molar-refractivity contribution in [2.75, 3.05) is 13.6 Å². The van der Waals surface area contributed by atoms with E-state index in [2.05, 4.69) is 28.9 Å². The number of hydrogen-bond acceptors (Lipinski definition) is 5. The molecule has 92 valence electrons. The van der Waals surface area contributed by atoms with Crippen molar-refractivity contribution in [3.05, 3.63) is 11.7 Å². The minimum absolute atomic E-state index is 0.256. The molecule has 0 aliphatic rings. The molecule has 5 nitrogen and oxygen atoms in total. The van der Waals surface area contributed by atoms with Gasteiger partial charge in [-0.15, -0.1) is 0 Å². The fraction of sp³-hybridized carbons (Fsp3) is 0.818. The fourth-order valence-corrected chi connectivity index (χ4v) is 1.42. The van der Waals surface area contributed by atoms with Gasteiger partial charge in [-0.3, -0.25) is 4.90 Å². The van der Waals surface area contributed by atoms with Gasteiger partial charge in [0, 0.05) is 6.04 Å². The Bertz CT molecular complexity index is 311. The van der Waals surface area contributed by atoms with Gasteiger partial charge in [-0.2, -0.15) is 4.98 Å². The summed E-state index contributed by atoms with van der Waals surface area (Å²) < 4.78 is 5.06. The van der Waals surface area contributed by atoms with Gasteiger partial charge in [-0.1, -0.05) is 19.0 Å². The standard InChI is InChI=1S/C11H22N4O/c1-8(2)10(12)5-6-15(4)7-11-13-9(3)14-16-11/h8,10H,5-7,12H2,1-4H3. The molecule has 0 saturated carbocycles. The highest BCUT2D eigenvalue weighted by Gasteiger charge is 2.11. The SMILES string of the molecule is Cc1noc(CN(C)CCC(N)C(C)C)n1. The van der Waals surface area contributed by atoms with Crippen LogP contribution in [-0.4, -0.2) is 34.7 Å². The van der Waals surface area contributed by atoms with Crippen LogP contribution in [-0.2, 0) is 6.54 Å². The minimum atomic E-state index is 0.256. The van der Waals surface area contributed by atoms with Crippen LogP contribution in [0.4, 0.5) is 0 Å². The van der Waals surface area contributed by atoms with Crippen molar-refractivity contribution in [2.45, 2.75) is 39.8 Å². The third-order valence-electron chi connectivity index (χ3n) is 2.68. The lowest BCUT2D eigenvalue weighted by molar-refractivity contribution is 0.252. The Morgan fingerprint density at radius 1 is 1.44 bits per heavy atom. The lowest BCUT2D eigenvalue weighted by Gasteiger charge is -2.19. The number of aryl methyl sites for hydroxylation is 1. The van der Waals surface area contributed by atoms with E-state index in [0.29, 0.717) is 24.2 Å². The molecular weight excluding hydrogens is 204 g/mol. The van der Waals surface area contributed by atoms with Gasteiger partial charge in [0.2, 0.25) is 5.89 Å². The molecule has 1 aromatic rings. The van der Waals surface area contributed by atoms with E-state index in [-0.39, 0.29) is 6.04 Å². The van der Waals surface area contributed by atoms with E-state index in [1.54, 1.807) is 0 Å². The summed E-state index contributed by atoms with van der Waals surface area (Å²) in [4.78, 5) is 6.31. The summed E-state index contributed by atoms with van der Waals surface area (Å²) >= 11 is 0. The molecule has 0 amide bonds. The highest BCUT2D eigenvalue weighted by Crippen LogP contribution is 2.05. The first-order valence-electron chi connectivity index (χ1n) is 5.72. The van der Waals surface area contributed by atoms with Crippen molar-refractivity contribution in [1.29, 1.82) is 0 Å². The van der Waals surface area contributed by atoms with Crippen molar-refractivity contribution < 1.29 is 4.52 Å². The minimum Gasteiger partial charge on any atom is -0.338 e. The van der Waals surface area contributed by atoms with Crippen LogP contribution in [0.25, 0.3) is 0 Å². The molecule has 0 spiro atoms. The molecule has 0 bridgehead atoms. The maximum Gasteiger partial charge on any atom is 0.240 e. The zero-order valence-corrected chi connectivity index (χ0v) is 10.6. The van der Waals surface area contributed by atoms with Crippen molar-refractivity contribution in [1.82, 2.24) is 15.0 Å². The smallest absolute Gasteiger partial charge is 0.240 e. The summed E-state index contributed by atoms with van der Waals surface area (Å²) in [5.74, 6) is 1.87. The average molecular weight is 226 g/mol. The number of hydrogen-bond donors (Lipinski definition) is 1. The Hall–Kier alpha value is -0.940. The Morgan fingerprint density at radius 3 is 2.62 bits per heavy atom. The Kier molecular flexibility index (Phi) is 4.89. The summed E-state index contributed by atoms with van der Waals surface area (Å²) in [7, 11) is 2.03. The van der Waals surface area contributed by atoms with Gasteiger partial charge in [-0.25, -0.2) is 0 Å². The molecular formula is C11H22N4O. The second-order valence-corrected chi connectivity index (χ2v) is 4.67. The van der Waals surface area contributed by atoms with Crippen molar-refractivity contribution in [3.8, 4) is 0 Å². The van der Waals surface area contributed by atoms with Gasteiger partial charge >= 0.3 is 0 Å². The number of aromatic nitrogens is 2. The molecule has 0 aliphatic carbocycles. The molecule has 16 heavy (non-hydrogen) atoms. The molecule has 0 fully saturated rings. The first kappa shape index (κ1) is 13.1. The van der Waals surface area contributed by atoms with E-state index in [0.717, 1.165) is 13.0 Å². The van der Waals surface area contributed by atoms with Crippen LogP contribution < -0.4 is 5.73 Å². The van der Waals surface area contributed by atoms with Gasteiger partial charge in [0.15, 0.2) is 5.82 Å². The normalized spacial score (nSPS) is 13.7. The second kappa shape index (κ2) is 5.96. The van der Waals surface area contributed by atoms with E-state index in [1.807, 2.05) is 14.0 Å². The van der Waals surface area contributed by atoms with Gasteiger partial charge in [0.1, 0.15) is 0 Å². The van der Waals surface area contributed by atoms with Gasteiger partial charge in [0.25, 0.3) is 0 Å². The largest absolute Gasteiger partial charge is 0.338 e. The number of nitrogens with two attached hydrogens (primary N) is 1. The van der Waals surface area contributed by atoms with Crippen LogP contribution in [0.15, 0.2) is 4.52 Å². The van der Waals surface area contributed by atoms with Crippen LogP contribution in [0.5, 0.6) is 0 Å². The molecule has 1 rings (SSSR count). The first-order valence-corrected chi connectivity index (χ1v) is 5.72. The predicted molar refractivity (Wildman–Crippen MR) is 62.8 cm³/mol. The van der Waals surface area contributed by atoms with Gasteiger partial charge < -0.3 is 10.3 Å². The molecule has 0 saturated heterocycles. The molecule has 1 aromatic heterocycles. The summed E-state index contributed by atoms with van der Waals surface area (Å²) in [6, 6.07) is 0.256. The van der Waals surface area contributed by atoms with Crippen molar-refractivity contribution >= 4 is 0 Å². The molecule has 0 aromatic carbocycles. The molecule has 1 atom stereocenters. The van der Waals surface area contributed by atoms with Gasteiger partial charge in [-0.05, 0) is 32.9 Å². The van der Waals surface area contributed by atoms with Crippen molar-refractivity contribution in [3.63, 3.8) is 0 Å². The van der Waals surface area contributed by atoms with E-state index in [1.165, 1.54) is 0 Å². The van der Waals surface area contributed by atoms with E-state index >= 15 is 0 Å². The van der Waals surface area contributed by atoms with Gasteiger partial charge in [0.05, 0.1) is 6.54 Å². The summed E-state index contributed by atoms with van der Waals surface area (Å²) in [5.41, 5.74) is 5.98. The van der Waals surface area contributed by atoms with E-state index in [4.69, 9.17) is 10.3 Å². The van der Waals surface area contributed by atoms with Crippen LogP contribution in [0.3, 0.4) is 0 Å². The highest BCUT2D eigenvalue weighted by atomic mass is 16.5. The van der Waals surface area contributed by atoms with Crippen molar-refractivity contribution in [2.24, 2.45) is 11.7 Å². The Morgan fingerprint density at radius 2 is 2.12 bits per heavy atom. The first-order chi connectivity index (χ1) is 7.49. The fourth-order valence-electron chi connectivity index (χ4n) is 1.42. The Labute approximate surface area is 97.0 Å².